The maximum Gasteiger partial charge on any atom is 0.240 e. The van der Waals surface area contributed by atoms with Crippen molar-refractivity contribution in [1.82, 2.24) is 4.98 Å². The zero-order chi connectivity index (χ0) is 16.9. The topological polar surface area (TPSA) is 72.6 Å². The Morgan fingerprint density at radius 1 is 1.12 bits per heavy atom. The minimum atomic E-state index is -0.547. The van der Waals surface area contributed by atoms with Crippen molar-refractivity contribution in [2.75, 3.05) is 4.90 Å². The Hall–Kier alpha value is -2.21. The number of carbonyl (C=O) groups is 2. The van der Waals surface area contributed by atoms with Crippen LogP contribution in [0.15, 0.2) is 22.6 Å². The zero-order valence-corrected chi connectivity index (χ0v) is 13.8. The Labute approximate surface area is 138 Å². The van der Waals surface area contributed by atoms with Crippen LogP contribution < -0.4 is 4.90 Å². The van der Waals surface area contributed by atoms with Crippen LogP contribution in [0.25, 0.3) is 11.1 Å². The molecular weight excluding hydrogens is 308 g/mol. The van der Waals surface area contributed by atoms with E-state index in [2.05, 4.69) is 4.98 Å². The predicted molar refractivity (Wildman–Crippen MR) is 85.3 cm³/mol. The molecule has 4 atom stereocenters. The lowest BCUT2D eigenvalue weighted by Crippen LogP contribution is -2.40. The summed E-state index contributed by atoms with van der Waals surface area (Å²) in [7, 11) is 0. The molecule has 2 aromatic rings. The molecule has 6 heteroatoms. The standard InChI is InChI=1S/C18H18N2O4/c1-9-19-14-10(5-4-6-11(14)23-9)20-15(21)12-13(16(20)22)18(3)8-7-17(12,2)24-18/h4-6,12-13H,7-8H2,1-3H3/t12-,13+,17-,18+. The summed E-state index contributed by atoms with van der Waals surface area (Å²) >= 11 is 0. The number of hydrogen-bond donors (Lipinski definition) is 0. The largest absolute Gasteiger partial charge is 0.441 e. The maximum atomic E-state index is 13.2. The van der Waals surface area contributed by atoms with Crippen molar-refractivity contribution >= 4 is 28.6 Å². The Morgan fingerprint density at radius 3 is 2.38 bits per heavy atom. The number of fused-ring (bicyclic) bond motifs is 6. The van der Waals surface area contributed by atoms with Crippen molar-refractivity contribution in [2.24, 2.45) is 11.8 Å². The number of oxazole rings is 1. The van der Waals surface area contributed by atoms with E-state index in [0.717, 1.165) is 12.8 Å². The van der Waals surface area contributed by atoms with Gasteiger partial charge in [0.1, 0.15) is 5.52 Å². The molecule has 124 valence electrons. The van der Waals surface area contributed by atoms with E-state index < -0.39 is 23.0 Å². The molecule has 0 N–H and O–H groups in total. The van der Waals surface area contributed by atoms with Crippen LogP contribution in [0.1, 0.15) is 32.6 Å². The summed E-state index contributed by atoms with van der Waals surface area (Å²) in [6.07, 6.45) is 1.62. The van der Waals surface area contributed by atoms with E-state index in [9.17, 15) is 9.59 Å². The zero-order valence-electron chi connectivity index (χ0n) is 13.8. The number of anilines is 1. The van der Waals surface area contributed by atoms with E-state index in [1.165, 1.54) is 4.90 Å². The summed E-state index contributed by atoms with van der Waals surface area (Å²) in [5.74, 6) is -0.661. The highest BCUT2D eigenvalue weighted by atomic mass is 16.5. The molecule has 0 aliphatic carbocycles. The number of benzene rings is 1. The number of rotatable bonds is 1. The Balaban J connectivity index is 1.68. The van der Waals surface area contributed by atoms with Crippen LogP contribution in [0.5, 0.6) is 0 Å². The third kappa shape index (κ3) is 1.48. The molecule has 3 saturated heterocycles. The highest BCUT2D eigenvalue weighted by molar-refractivity contribution is 6.25. The average molecular weight is 326 g/mol. The number of carbonyl (C=O) groups excluding carboxylic acids is 2. The van der Waals surface area contributed by atoms with Gasteiger partial charge in [-0.25, -0.2) is 9.88 Å². The molecule has 0 unspecified atom stereocenters. The Morgan fingerprint density at radius 2 is 1.75 bits per heavy atom. The lowest BCUT2D eigenvalue weighted by molar-refractivity contribution is -0.129. The molecule has 3 aliphatic heterocycles. The van der Waals surface area contributed by atoms with E-state index in [4.69, 9.17) is 9.15 Å². The molecular formula is C18H18N2O4. The minimum Gasteiger partial charge on any atom is -0.441 e. The van der Waals surface area contributed by atoms with Gasteiger partial charge in [-0.05, 0) is 38.8 Å². The van der Waals surface area contributed by atoms with Crippen molar-refractivity contribution in [2.45, 2.75) is 44.8 Å². The van der Waals surface area contributed by atoms with Gasteiger partial charge in [-0.3, -0.25) is 9.59 Å². The number of imide groups is 1. The van der Waals surface area contributed by atoms with Gasteiger partial charge in [0.2, 0.25) is 11.8 Å². The quantitative estimate of drug-likeness (QED) is 0.753. The van der Waals surface area contributed by atoms with Crippen molar-refractivity contribution in [3.8, 4) is 0 Å². The van der Waals surface area contributed by atoms with Crippen LogP contribution >= 0.6 is 0 Å². The van der Waals surface area contributed by atoms with Gasteiger partial charge in [-0.2, -0.15) is 0 Å². The van der Waals surface area contributed by atoms with Gasteiger partial charge in [0, 0.05) is 6.92 Å². The predicted octanol–water partition coefficient (Wildman–Crippen LogP) is 2.58. The van der Waals surface area contributed by atoms with Crippen molar-refractivity contribution in [3.05, 3.63) is 24.1 Å². The molecule has 3 aliphatic rings. The molecule has 6 nitrogen and oxygen atoms in total. The van der Waals surface area contributed by atoms with Gasteiger partial charge in [0.25, 0.3) is 0 Å². The van der Waals surface area contributed by atoms with Crippen LogP contribution in [0.3, 0.4) is 0 Å². The third-order valence-corrected chi connectivity index (χ3v) is 5.95. The van der Waals surface area contributed by atoms with Gasteiger partial charge in [0.15, 0.2) is 11.5 Å². The second kappa shape index (κ2) is 4.06. The minimum absolute atomic E-state index is 0.177. The normalized spacial score (nSPS) is 37.7. The second-order valence-electron chi connectivity index (χ2n) is 7.55. The smallest absolute Gasteiger partial charge is 0.240 e. The van der Waals surface area contributed by atoms with Crippen molar-refractivity contribution < 1.29 is 18.7 Å². The summed E-state index contributed by atoms with van der Waals surface area (Å²) in [6, 6.07) is 5.33. The van der Waals surface area contributed by atoms with Crippen LogP contribution in [0.2, 0.25) is 0 Å². The molecule has 2 bridgehead atoms. The number of aryl methyl sites for hydroxylation is 1. The van der Waals surface area contributed by atoms with Gasteiger partial charge in [0.05, 0.1) is 28.7 Å². The van der Waals surface area contributed by atoms with E-state index >= 15 is 0 Å². The molecule has 3 fully saturated rings. The van der Waals surface area contributed by atoms with Crippen LogP contribution in [-0.2, 0) is 14.3 Å². The van der Waals surface area contributed by atoms with E-state index in [-0.39, 0.29) is 11.8 Å². The Kier molecular flexibility index (Phi) is 2.39. The van der Waals surface area contributed by atoms with Crippen LogP contribution in [0.4, 0.5) is 5.69 Å². The highest BCUT2D eigenvalue weighted by Gasteiger charge is 2.72. The van der Waals surface area contributed by atoms with Gasteiger partial charge >= 0.3 is 0 Å². The molecule has 1 aromatic carbocycles. The first kappa shape index (κ1) is 14.2. The molecule has 0 radical (unpaired) electrons. The number of para-hydroxylation sites is 1. The van der Waals surface area contributed by atoms with Crippen molar-refractivity contribution in [1.29, 1.82) is 0 Å². The molecule has 1 aromatic heterocycles. The van der Waals surface area contributed by atoms with Crippen LogP contribution in [0, 0.1) is 18.8 Å². The summed E-state index contributed by atoms with van der Waals surface area (Å²) in [4.78, 5) is 32.0. The summed E-state index contributed by atoms with van der Waals surface area (Å²) in [5.41, 5.74) is 0.559. The lowest BCUT2D eigenvalue weighted by Gasteiger charge is -2.27. The fraction of sp³-hybridized carbons (Fsp3) is 0.500. The summed E-state index contributed by atoms with van der Waals surface area (Å²) < 4.78 is 11.7. The first-order chi connectivity index (χ1) is 11.3. The molecule has 2 amide bonds. The molecule has 4 heterocycles. The van der Waals surface area contributed by atoms with Gasteiger partial charge in [-0.15, -0.1) is 0 Å². The van der Waals surface area contributed by atoms with E-state index in [1.807, 2.05) is 13.8 Å². The molecule has 0 spiro atoms. The number of hydrogen-bond acceptors (Lipinski definition) is 5. The SMILES string of the molecule is Cc1nc2c(N3C(=O)[C@@H]4[C@H](C3=O)[C@@]3(C)CC[C@]4(C)O3)cccc2o1. The van der Waals surface area contributed by atoms with Gasteiger partial charge < -0.3 is 9.15 Å². The monoisotopic (exact) mass is 326 g/mol. The van der Waals surface area contributed by atoms with Crippen molar-refractivity contribution in [3.63, 3.8) is 0 Å². The Bertz CT molecular complexity index is 885. The lowest BCUT2D eigenvalue weighted by atomic mass is 9.69. The first-order valence-corrected chi connectivity index (χ1v) is 8.28. The number of aromatic nitrogens is 1. The summed E-state index contributed by atoms with van der Waals surface area (Å²) in [5, 5.41) is 0. The number of nitrogens with zero attached hydrogens (tertiary/aromatic N) is 2. The summed E-state index contributed by atoms with van der Waals surface area (Å²) in [6.45, 7) is 5.67. The first-order valence-electron chi connectivity index (χ1n) is 8.28. The van der Waals surface area contributed by atoms with Crippen LogP contribution in [-0.4, -0.2) is 28.0 Å². The maximum absolute atomic E-state index is 13.2. The highest BCUT2D eigenvalue weighted by Crippen LogP contribution is 2.61. The van der Waals surface area contributed by atoms with E-state index in [0.29, 0.717) is 22.7 Å². The molecule has 0 saturated carbocycles. The number of ether oxygens (including phenoxy) is 1. The van der Waals surface area contributed by atoms with Gasteiger partial charge in [-0.1, -0.05) is 6.07 Å². The fourth-order valence-corrected chi connectivity index (χ4v) is 4.93. The molecule has 24 heavy (non-hydrogen) atoms. The van der Waals surface area contributed by atoms with E-state index in [1.54, 1.807) is 25.1 Å². The second-order valence-corrected chi connectivity index (χ2v) is 7.55. The fourth-order valence-electron chi connectivity index (χ4n) is 4.93. The number of amides is 2. The third-order valence-electron chi connectivity index (χ3n) is 5.95. The average Bonchev–Trinajstić information content (AvgIpc) is 3.17. The molecule has 5 rings (SSSR count).